The zero-order chi connectivity index (χ0) is 22.5. The minimum Gasteiger partial charge on any atom is -0.325 e. The van der Waals surface area contributed by atoms with Crippen LogP contribution >= 0.6 is 46.3 Å². The van der Waals surface area contributed by atoms with E-state index >= 15 is 0 Å². The van der Waals surface area contributed by atoms with Gasteiger partial charge in [-0.3, -0.25) is 9.59 Å². The predicted molar refractivity (Wildman–Crippen MR) is 133 cm³/mol. The molecule has 160 valence electrons. The summed E-state index contributed by atoms with van der Waals surface area (Å²) in [6.07, 6.45) is 0. The number of nitrogens with zero attached hydrogens (tertiary/aromatic N) is 1. The lowest BCUT2D eigenvalue weighted by Crippen LogP contribution is -2.17. The number of thiazole rings is 1. The van der Waals surface area contributed by atoms with E-state index in [4.69, 9.17) is 23.2 Å². The van der Waals surface area contributed by atoms with Crippen molar-refractivity contribution in [3.05, 3.63) is 99.3 Å². The fraction of sp³-hybridized carbons (Fsp3) is 0.0417. The fourth-order valence-corrected chi connectivity index (χ4v) is 4.88. The molecule has 0 radical (unpaired) electrons. The monoisotopic (exact) mass is 498 g/mol. The number of carbonyl (C=O) groups is 2. The number of rotatable bonds is 7. The molecule has 4 aromatic rings. The van der Waals surface area contributed by atoms with Gasteiger partial charge >= 0.3 is 0 Å². The zero-order valence-corrected chi connectivity index (χ0v) is 19.7. The molecule has 0 atom stereocenters. The quantitative estimate of drug-likeness (QED) is 0.218. The Morgan fingerprint density at radius 1 is 0.938 bits per heavy atom. The highest BCUT2D eigenvalue weighted by Crippen LogP contribution is 2.29. The number of hydrogen-bond acceptors (Lipinski definition) is 5. The standard InChI is InChI=1S/C24H16Cl2N2O2S2/c25-17-8-6-15(7-9-17)21-13-31-24(28-21)32-14-22(29)27-20-11-10-18(26)12-19(20)23(30)16-4-2-1-3-5-16/h1-13H,14H2,(H,27,29). The van der Waals surface area contributed by atoms with Crippen LogP contribution in [0.2, 0.25) is 10.0 Å². The molecule has 0 unspecified atom stereocenters. The van der Waals surface area contributed by atoms with Gasteiger partial charge in [-0.05, 0) is 30.3 Å². The molecular weight excluding hydrogens is 483 g/mol. The molecule has 0 saturated carbocycles. The number of nitrogens with one attached hydrogen (secondary N) is 1. The first-order valence-corrected chi connectivity index (χ1v) is 12.1. The second-order valence-electron chi connectivity index (χ2n) is 6.73. The molecule has 1 N–H and O–H groups in total. The van der Waals surface area contributed by atoms with Crippen molar-refractivity contribution in [3.63, 3.8) is 0 Å². The summed E-state index contributed by atoms with van der Waals surface area (Å²) in [5.74, 6) is -0.277. The van der Waals surface area contributed by atoms with Gasteiger partial charge in [-0.15, -0.1) is 11.3 Å². The normalized spacial score (nSPS) is 10.7. The van der Waals surface area contributed by atoms with E-state index in [1.54, 1.807) is 42.5 Å². The van der Waals surface area contributed by atoms with Gasteiger partial charge in [0.1, 0.15) is 0 Å². The largest absolute Gasteiger partial charge is 0.325 e. The van der Waals surface area contributed by atoms with Gasteiger partial charge in [-0.25, -0.2) is 4.98 Å². The molecule has 0 fully saturated rings. The van der Waals surface area contributed by atoms with Crippen molar-refractivity contribution in [3.8, 4) is 11.3 Å². The molecule has 0 aliphatic rings. The summed E-state index contributed by atoms with van der Waals surface area (Å²) in [7, 11) is 0. The predicted octanol–water partition coefficient (Wildman–Crippen LogP) is 7.08. The summed E-state index contributed by atoms with van der Waals surface area (Å²) in [6, 6.07) is 21.2. The van der Waals surface area contributed by atoms with Crippen molar-refractivity contribution >= 4 is 63.7 Å². The second kappa shape index (κ2) is 10.3. The summed E-state index contributed by atoms with van der Waals surface area (Å²) in [5.41, 5.74) is 3.10. The molecule has 0 aliphatic heterocycles. The van der Waals surface area contributed by atoms with Crippen LogP contribution in [0.1, 0.15) is 15.9 Å². The van der Waals surface area contributed by atoms with Gasteiger partial charge in [0.25, 0.3) is 0 Å². The summed E-state index contributed by atoms with van der Waals surface area (Å²) in [4.78, 5) is 30.1. The molecule has 1 heterocycles. The molecule has 0 aliphatic carbocycles. The SMILES string of the molecule is O=C(CSc1nc(-c2ccc(Cl)cc2)cs1)Nc1ccc(Cl)cc1C(=O)c1ccccc1. The third kappa shape index (κ3) is 5.58. The molecule has 8 heteroatoms. The Kier molecular flexibility index (Phi) is 7.27. The molecular formula is C24H16Cl2N2O2S2. The third-order valence-corrected chi connectivity index (χ3v) is 6.99. The minimum atomic E-state index is -0.234. The van der Waals surface area contributed by atoms with E-state index < -0.39 is 0 Å². The van der Waals surface area contributed by atoms with Crippen LogP contribution in [0.4, 0.5) is 5.69 Å². The zero-order valence-electron chi connectivity index (χ0n) is 16.5. The molecule has 4 nitrogen and oxygen atoms in total. The maximum Gasteiger partial charge on any atom is 0.234 e. The Morgan fingerprint density at radius 3 is 2.41 bits per heavy atom. The third-order valence-electron chi connectivity index (χ3n) is 4.49. The highest BCUT2D eigenvalue weighted by atomic mass is 35.5. The van der Waals surface area contributed by atoms with Crippen LogP contribution in [0.3, 0.4) is 0 Å². The van der Waals surface area contributed by atoms with Gasteiger partial charge in [0.05, 0.1) is 17.1 Å². The number of aromatic nitrogens is 1. The Hall–Kier alpha value is -2.64. The summed E-state index contributed by atoms with van der Waals surface area (Å²) < 4.78 is 0.779. The first kappa shape index (κ1) is 22.6. The number of halogens is 2. The lowest BCUT2D eigenvalue weighted by Gasteiger charge is -2.11. The number of benzene rings is 3. The number of carbonyl (C=O) groups excluding carboxylic acids is 2. The highest BCUT2D eigenvalue weighted by Gasteiger charge is 2.16. The number of hydrogen-bond donors (Lipinski definition) is 1. The maximum absolute atomic E-state index is 12.9. The average Bonchev–Trinajstić information content (AvgIpc) is 3.28. The van der Waals surface area contributed by atoms with Crippen LogP contribution in [-0.2, 0) is 4.79 Å². The molecule has 1 amide bonds. The van der Waals surface area contributed by atoms with Crippen molar-refractivity contribution in [1.82, 2.24) is 4.98 Å². The van der Waals surface area contributed by atoms with Gasteiger partial charge in [-0.2, -0.15) is 0 Å². The van der Waals surface area contributed by atoms with Crippen LogP contribution in [0.5, 0.6) is 0 Å². The number of ketones is 1. The van der Waals surface area contributed by atoms with Crippen LogP contribution in [0.15, 0.2) is 82.5 Å². The van der Waals surface area contributed by atoms with Crippen molar-refractivity contribution in [2.24, 2.45) is 0 Å². The molecule has 0 spiro atoms. The van der Waals surface area contributed by atoms with Gasteiger partial charge in [-0.1, -0.05) is 77.4 Å². The van der Waals surface area contributed by atoms with Gasteiger partial charge in [0, 0.05) is 32.1 Å². The Labute approximate surface area is 203 Å². The van der Waals surface area contributed by atoms with Crippen molar-refractivity contribution in [1.29, 1.82) is 0 Å². The Morgan fingerprint density at radius 2 is 1.66 bits per heavy atom. The first-order valence-electron chi connectivity index (χ1n) is 9.53. The van der Waals surface area contributed by atoms with Crippen molar-refractivity contribution in [2.75, 3.05) is 11.1 Å². The van der Waals surface area contributed by atoms with Crippen LogP contribution < -0.4 is 5.32 Å². The smallest absolute Gasteiger partial charge is 0.234 e. The van der Waals surface area contributed by atoms with E-state index in [0.717, 1.165) is 15.6 Å². The molecule has 4 rings (SSSR count). The summed E-state index contributed by atoms with van der Waals surface area (Å²) >= 11 is 14.8. The van der Waals surface area contributed by atoms with E-state index in [1.165, 1.54) is 23.1 Å². The first-order chi connectivity index (χ1) is 15.5. The maximum atomic E-state index is 12.9. The molecule has 3 aromatic carbocycles. The van der Waals surface area contributed by atoms with E-state index in [1.807, 2.05) is 35.7 Å². The van der Waals surface area contributed by atoms with Crippen LogP contribution in [0, 0.1) is 0 Å². The molecule has 32 heavy (non-hydrogen) atoms. The van der Waals surface area contributed by atoms with E-state index in [2.05, 4.69) is 10.3 Å². The van der Waals surface area contributed by atoms with Gasteiger partial charge < -0.3 is 5.32 Å². The molecule has 1 aromatic heterocycles. The summed E-state index contributed by atoms with van der Waals surface area (Å²) in [5, 5.41) is 5.86. The fourth-order valence-electron chi connectivity index (χ4n) is 2.95. The van der Waals surface area contributed by atoms with E-state index in [0.29, 0.717) is 26.9 Å². The lowest BCUT2D eigenvalue weighted by atomic mass is 10.0. The van der Waals surface area contributed by atoms with Crippen molar-refractivity contribution in [2.45, 2.75) is 4.34 Å². The Bertz CT molecular complexity index is 1260. The number of thioether (sulfide) groups is 1. The van der Waals surface area contributed by atoms with E-state index in [-0.39, 0.29) is 17.4 Å². The highest BCUT2D eigenvalue weighted by molar-refractivity contribution is 8.01. The molecule has 0 bridgehead atoms. The second-order valence-corrected chi connectivity index (χ2v) is 9.68. The van der Waals surface area contributed by atoms with Crippen LogP contribution in [0.25, 0.3) is 11.3 Å². The topological polar surface area (TPSA) is 59.1 Å². The minimum absolute atomic E-state index is 0.162. The van der Waals surface area contributed by atoms with Crippen LogP contribution in [-0.4, -0.2) is 22.4 Å². The van der Waals surface area contributed by atoms with Gasteiger partial charge in [0.15, 0.2) is 10.1 Å². The Balaban J connectivity index is 1.43. The summed E-state index contributed by atoms with van der Waals surface area (Å²) in [6.45, 7) is 0. The van der Waals surface area contributed by atoms with Gasteiger partial charge in [0.2, 0.25) is 5.91 Å². The number of anilines is 1. The number of amides is 1. The average molecular weight is 499 g/mol. The lowest BCUT2D eigenvalue weighted by molar-refractivity contribution is -0.113. The van der Waals surface area contributed by atoms with Crippen molar-refractivity contribution < 1.29 is 9.59 Å². The van der Waals surface area contributed by atoms with E-state index in [9.17, 15) is 9.59 Å². The molecule has 0 saturated heterocycles.